The molecule has 2 aromatic rings. The number of nitrogens with one attached hydrogen (secondary N) is 1. The first-order chi connectivity index (χ1) is 9.20. The second-order valence-electron chi connectivity index (χ2n) is 4.08. The number of aliphatic hydroxyl groups excluding tert-OH is 1. The topological polar surface area (TPSA) is 49.3 Å². The molecule has 0 saturated carbocycles. The molecule has 0 aliphatic rings. The summed E-state index contributed by atoms with van der Waals surface area (Å²) in [6.45, 7) is 0.658. The Morgan fingerprint density at radius 1 is 1.21 bits per heavy atom. The monoisotopic (exact) mass is 339 g/mol. The normalized spacial score (nSPS) is 10.4. The third kappa shape index (κ3) is 3.89. The van der Waals surface area contributed by atoms with Crippen molar-refractivity contribution in [3.63, 3.8) is 0 Å². The van der Waals surface area contributed by atoms with Gasteiger partial charge in [-0.25, -0.2) is 0 Å². The second-order valence-corrected chi connectivity index (χ2v) is 5.85. The van der Waals surface area contributed by atoms with Crippen molar-refractivity contribution >= 4 is 33.2 Å². The number of aliphatic hydroxyl groups is 1. The maximum Gasteiger partial charge on any atom is 0.262 e. The first-order valence-corrected chi connectivity index (χ1v) is 7.58. The molecule has 5 heteroatoms. The van der Waals surface area contributed by atoms with Crippen LogP contribution in [0.1, 0.15) is 20.8 Å². The highest BCUT2D eigenvalue weighted by atomic mass is 79.9. The number of benzene rings is 1. The van der Waals surface area contributed by atoms with Gasteiger partial charge in [-0.1, -0.05) is 24.3 Å². The van der Waals surface area contributed by atoms with Crippen LogP contribution in [-0.4, -0.2) is 17.6 Å². The van der Waals surface area contributed by atoms with Gasteiger partial charge >= 0.3 is 0 Å². The molecule has 0 bridgehead atoms. The van der Waals surface area contributed by atoms with Crippen molar-refractivity contribution in [2.75, 3.05) is 6.54 Å². The van der Waals surface area contributed by atoms with E-state index in [9.17, 15) is 4.79 Å². The van der Waals surface area contributed by atoms with Crippen LogP contribution in [0, 0.1) is 0 Å². The lowest BCUT2D eigenvalue weighted by molar-refractivity contribution is 0.0957. The lowest BCUT2D eigenvalue weighted by Crippen LogP contribution is -2.25. The maximum absolute atomic E-state index is 11.9. The third-order valence-electron chi connectivity index (χ3n) is 2.73. The summed E-state index contributed by atoms with van der Waals surface area (Å²) in [5, 5.41) is 13.7. The zero-order chi connectivity index (χ0) is 13.7. The highest BCUT2D eigenvalue weighted by Crippen LogP contribution is 2.22. The second kappa shape index (κ2) is 6.84. The summed E-state index contributed by atoms with van der Waals surface area (Å²) in [5.74, 6) is -0.0474. The minimum absolute atomic E-state index is 0.0474. The largest absolute Gasteiger partial charge is 0.392 e. The van der Waals surface area contributed by atoms with E-state index in [0.29, 0.717) is 11.4 Å². The van der Waals surface area contributed by atoms with Crippen molar-refractivity contribution < 1.29 is 9.90 Å². The number of thiophene rings is 1. The van der Waals surface area contributed by atoms with Gasteiger partial charge in [0.05, 0.1) is 6.61 Å². The van der Waals surface area contributed by atoms with Crippen LogP contribution in [0.15, 0.2) is 40.2 Å². The first kappa shape index (κ1) is 14.2. The van der Waals surface area contributed by atoms with Gasteiger partial charge in [-0.2, -0.15) is 0 Å². The van der Waals surface area contributed by atoms with Gasteiger partial charge in [-0.15, -0.1) is 11.3 Å². The van der Waals surface area contributed by atoms with Crippen LogP contribution in [0.5, 0.6) is 0 Å². The molecule has 0 atom stereocenters. The van der Waals surface area contributed by atoms with E-state index in [4.69, 9.17) is 5.11 Å². The van der Waals surface area contributed by atoms with Crippen LogP contribution in [0.3, 0.4) is 0 Å². The minimum Gasteiger partial charge on any atom is -0.392 e. The lowest BCUT2D eigenvalue weighted by Gasteiger charge is -2.05. The molecule has 0 aliphatic heterocycles. The van der Waals surface area contributed by atoms with Crippen molar-refractivity contribution in [1.29, 1.82) is 0 Å². The number of rotatable bonds is 5. The standard InChI is InChI=1S/C14H14BrNO2S/c15-12-6-8-19-13(12)14(18)16-7-5-10-1-3-11(9-17)4-2-10/h1-4,6,8,17H,5,7,9H2,(H,16,18). The van der Waals surface area contributed by atoms with E-state index in [1.807, 2.05) is 35.7 Å². The Bertz CT molecular complexity index is 551. The van der Waals surface area contributed by atoms with E-state index in [0.717, 1.165) is 22.0 Å². The quantitative estimate of drug-likeness (QED) is 0.879. The van der Waals surface area contributed by atoms with E-state index in [1.54, 1.807) is 0 Å². The first-order valence-electron chi connectivity index (χ1n) is 5.90. The zero-order valence-electron chi connectivity index (χ0n) is 10.2. The highest BCUT2D eigenvalue weighted by molar-refractivity contribution is 9.10. The Kier molecular flexibility index (Phi) is 5.13. The number of carbonyl (C=O) groups excluding carboxylic acids is 1. The average molecular weight is 340 g/mol. The highest BCUT2D eigenvalue weighted by Gasteiger charge is 2.10. The summed E-state index contributed by atoms with van der Waals surface area (Å²) in [4.78, 5) is 12.6. The molecule has 0 spiro atoms. The molecular weight excluding hydrogens is 326 g/mol. The summed E-state index contributed by atoms with van der Waals surface area (Å²) in [5.41, 5.74) is 2.04. The summed E-state index contributed by atoms with van der Waals surface area (Å²) >= 11 is 4.77. The predicted octanol–water partition coefficient (Wildman–Crippen LogP) is 2.98. The van der Waals surface area contributed by atoms with Gasteiger partial charge < -0.3 is 10.4 Å². The molecular formula is C14H14BrNO2S. The number of hydrogen-bond donors (Lipinski definition) is 2. The number of hydrogen-bond acceptors (Lipinski definition) is 3. The van der Waals surface area contributed by atoms with Gasteiger partial charge in [0.2, 0.25) is 0 Å². The van der Waals surface area contributed by atoms with Crippen molar-refractivity contribution in [1.82, 2.24) is 5.32 Å². The fourth-order valence-electron chi connectivity index (χ4n) is 1.67. The number of carbonyl (C=O) groups is 1. The maximum atomic E-state index is 11.9. The van der Waals surface area contributed by atoms with Gasteiger partial charge in [0, 0.05) is 11.0 Å². The average Bonchev–Trinajstić information content (AvgIpc) is 2.86. The molecule has 19 heavy (non-hydrogen) atoms. The minimum atomic E-state index is -0.0474. The van der Waals surface area contributed by atoms with Crippen molar-refractivity contribution in [2.24, 2.45) is 0 Å². The van der Waals surface area contributed by atoms with E-state index < -0.39 is 0 Å². The summed E-state index contributed by atoms with van der Waals surface area (Å²) in [7, 11) is 0. The summed E-state index contributed by atoms with van der Waals surface area (Å²) in [6, 6.07) is 9.60. The van der Waals surface area contributed by atoms with Gasteiger partial charge in [-0.3, -0.25) is 4.79 Å². The van der Waals surface area contributed by atoms with E-state index in [-0.39, 0.29) is 12.5 Å². The SMILES string of the molecule is O=C(NCCc1ccc(CO)cc1)c1sccc1Br. The van der Waals surface area contributed by atoms with Crippen LogP contribution in [0.25, 0.3) is 0 Å². The molecule has 3 nitrogen and oxygen atoms in total. The van der Waals surface area contributed by atoms with Crippen LogP contribution < -0.4 is 5.32 Å². The molecule has 1 aromatic carbocycles. The molecule has 0 aliphatic carbocycles. The van der Waals surface area contributed by atoms with Gasteiger partial charge in [0.1, 0.15) is 4.88 Å². The molecule has 0 radical (unpaired) electrons. The molecule has 2 rings (SSSR count). The zero-order valence-corrected chi connectivity index (χ0v) is 12.6. The number of amides is 1. The Balaban J connectivity index is 1.83. The smallest absolute Gasteiger partial charge is 0.262 e. The Hall–Kier alpha value is -1.17. The van der Waals surface area contributed by atoms with E-state index in [1.165, 1.54) is 11.3 Å². The lowest BCUT2D eigenvalue weighted by atomic mass is 10.1. The molecule has 1 amide bonds. The fraction of sp³-hybridized carbons (Fsp3) is 0.214. The Morgan fingerprint density at radius 2 is 1.89 bits per heavy atom. The fourth-order valence-corrected chi connectivity index (χ4v) is 3.14. The van der Waals surface area contributed by atoms with E-state index >= 15 is 0 Å². The molecule has 0 saturated heterocycles. The van der Waals surface area contributed by atoms with Gasteiger partial charge in [0.25, 0.3) is 5.91 Å². The van der Waals surface area contributed by atoms with Crippen LogP contribution in [-0.2, 0) is 13.0 Å². The van der Waals surface area contributed by atoms with E-state index in [2.05, 4.69) is 21.2 Å². The molecule has 1 heterocycles. The number of halogens is 1. The van der Waals surface area contributed by atoms with Crippen molar-refractivity contribution in [3.8, 4) is 0 Å². The van der Waals surface area contributed by atoms with Crippen LogP contribution in [0.4, 0.5) is 0 Å². The van der Waals surface area contributed by atoms with Crippen LogP contribution >= 0.6 is 27.3 Å². The van der Waals surface area contributed by atoms with Crippen molar-refractivity contribution in [2.45, 2.75) is 13.0 Å². The predicted molar refractivity (Wildman–Crippen MR) is 80.4 cm³/mol. The third-order valence-corrected chi connectivity index (χ3v) is 4.56. The molecule has 0 unspecified atom stereocenters. The Morgan fingerprint density at radius 3 is 2.47 bits per heavy atom. The molecule has 2 N–H and O–H groups in total. The summed E-state index contributed by atoms with van der Waals surface area (Å²) < 4.78 is 0.835. The van der Waals surface area contributed by atoms with Crippen molar-refractivity contribution in [3.05, 3.63) is 56.2 Å². The molecule has 1 aromatic heterocycles. The van der Waals surface area contributed by atoms with Gasteiger partial charge in [-0.05, 0) is 44.9 Å². The van der Waals surface area contributed by atoms with Gasteiger partial charge in [0.15, 0.2) is 0 Å². The molecule has 100 valence electrons. The summed E-state index contributed by atoms with van der Waals surface area (Å²) in [6.07, 6.45) is 0.778. The Labute approximate surface area is 124 Å². The van der Waals surface area contributed by atoms with Crippen LogP contribution in [0.2, 0.25) is 0 Å². The molecule has 0 fully saturated rings.